The van der Waals surface area contributed by atoms with Crippen molar-refractivity contribution in [1.29, 1.82) is 0 Å². The fourth-order valence-corrected chi connectivity index (χ4v) is 2.48. The summed E-state index contributed by atoms with van der Waals surface area (Å²) in [4.78, 5) is 14.4. The molecule has 0 bridgehead atoms. The Labute approximate surface area is 99.3 Å². The van der Waals surface area contributed by atoms with Gasteiger partial charge in [0.2, 0.25) is 0 Å². The summed E-state index contributed by atoms with van der Waals surface area (Å²) in [6.07, 6.45) is 4.59. The predicted octanol–water partition coefficient (Wildman–Crippen LogP) is 1.24. The molecule has 1 fully saturated rings. The van der Waals surface area contributed by atoms with E-state index in [0.717, 1.165) is 25.2 Å². The van der Waals surface area contributed by atoms with Gasteiger partial charge in [0, 0.05) is 18.9 Å². The molecule has 0 radical (unpaired) electrons. The Hall–Kier alpha value is -1.81. The monoisotopic (exact) mass is 229 g/mol. The van der Waals surface area contributed by atoms with Gasteiger partial charge in [-0.25, -0.2) is 4.79 Å². The molecule has 3 rings (SSSR count). The normalized spacial score (nSPS) is 19.6. The first kappa shape index (κ1) is 10.4. The SMILES string of the molecule is O=c1[nH]ccn1-c1ccccc1C1CCNC1. The highest BCUT2D eigenvalue weighted by Crippen LogP contribution is 2.27. The van der Waals surface area contributed by atoms with E-state index in [9.17, 15) is 4.79 Å². The number of hydrogen-bond donors (Lipinski definition) is 2. The summed E-state index contributed by atoms with van der Waals surface area (Å²) in [7, 11) is 0. The lowest BCUT2D eigenvalue weighted by atomic mass is 9.96. The highest BCUT2D eigenvalue weighted by molar-refractivity contribution is 5.43. The van der Waals surface area contributed by atoms with Crippen molar-refractivity contribution in [2.24, 2.45) is 0 Å². The summed E-state index contributed by atoms with van der Waals surface area (Å²) in [5.41, 5.74) is 2.16. The Morgan fingerprint density at radius 2 is 2.18 bits per heavy atom. The summed E-state index contributed by atoms with van der Waals surface area (Å²) < 4.78 is 1.67. The standard InChI is InChI=1S/C13H15N3O/c17-13-15-7-8-16(13)12-4-2-1-3-11(12)10-5-6-14-9-10/h1-4,7-8,10,14H,5-6,9H2,(H,15,17). The number of aromatic nitrogens is 2. The number of nitrogens with one attached hydrogen (secondary N) is 2. The van der Waals surface area contributed by atoms with E-state index in [1.54, 1.807) is 17.0 Å². The van der Waals surface area contributed by atoms with Crippen molar-refractivity contribution in [3.8, 4) is 5.69 Å². The van der Waals surface area contributed by atoms with Crippen molar-refractivity contribution >= 4 is 0 Å². The molecule has 1 saturated heterocycles. The maximum absolute atomic E-state index is 11.7. The summed E-state index contributed by atoms with van der Waals surface area (Å²) in [5, 5.41) is 3.36. The minimum atomic E-state index is -0.0802. The zero-order chi connectivity index (χ0) is 11.7. The van der Waals surface area contributed by atoms with Crippen molar-refractivity contribution in [1.82, 2.24) is 14.9 Å². The molecule has 4 nitrogen and oxygen atoms in total. The van der Waals surface area contributed by atoms with Gasteiger partial charge in [0.05, 0.1) is 5.69 Å². The lowest BCUT2D eigenvalue weighted by Crippen LogP contribution is -2.17. The first-order valence-corrected chi connectivity index (χ1v) is 5.92. The van der Waals surface area contributed by atoms with Gasteiger partial charge >= 0.3 is 5.69 Å². The molecule has 1 aromatic heterocycles. The van der Waals surface area contributed by atoms with Crippen LogP contribution >= 0.6 is 0 Å². The molecule has 1 unspecified atom stereocenters. The molecule has 2 aromatic rings. The van der Waals surface area contributed by atoms with Gasteiger partial charge in [0.1, 0.15) is 0 Å². The van der Waals surface area contributed by atoms with Crippen LogP contribution in [0, 0.1) is 0 Å². The Kier molecular flexibility index (Phi) is 2.57. The second-order valence-corrected chi connectivity index (χ2v) is 4.38. The largest absolute Gasteiger partial charge is 0.330 e. The number of imidazole rings is 1. The van der Waals surface area contributed by atoms with Crippen LogP contribution in [0.2, 0.25) is 0 Å². The number of benzene rings is 1. The lowest BCUT2D eigenvalue weighted by Gasteiger charge is -2.14. The minimum Gasteiger partial charge on any atom is -0.316 e. The smallest absolute Gasteiger partial charge is 0.316 e. The molecule has 1 aromatic carbocycles. The fourth-order valence-electron chi connectivity index (χ4n) is 2.48. The fraction of sp³-hybridized carbons (Fsp3) is 0.308. The molecule has 0 amide bonds. The van der Waals surface area contributed by atoms with Crippen molar-refractivity contribution in [2.45, 2.75) is 12.3 Å². The average molecular weight is 229 g/mol. The predicted molar refractivity (Wildman–Crippen MR) is 66.6 cm³/mol. The molecule has 2 heterocycles. The van der Waals surface area contributed by atoms with E-state index < -0.39 is 0 Å². The Balaban J connectivity index is 2.10. The maximum Gasteiger partial charge on any atom is 0.330 e. The van der Waals surface area contributed by atoms with E-state index in [-0.39, 0.29) is 5.69 Å². The zero-order valence-electron chi connectivity index (χ0n) is 9.52. The van der Waals surface area contributed by atoms with E-state index in [0.29, 0.717) is 5.92 Å². The molecule has 17 heavy (non-hydrogen) atoms. The second kappa shape index (κ2) is 4.22. The van der Waals surface area contributed by atoms with Crippen LogP contribution in [0.25, 0.3) is 5.69 Å². The molecule has 0 aliphatic carbocycles. The zero-order valence-corrected chi connectivity index (χ0v) is 9.52. The van der Waals surface area contributed by atoms with Gasteiger partial charge in [-0.05, 0) is 30.5 Å². The summed E-state index contributed by atoms with van der Waals surface area (Å²) in [6.45, 7) is 2.05. The molecular formula is C13H15N3O. The van der Waals surface area contributed by atoms with Crippen LogP contribution < -0.4 is 11.0 Å². The second-order valence-electron chi connectivity index (χ2n) is 4.38. The molecule has 0 spiro atoms. The average Bonchev–Trinajstić information content (AvgIpc) is 3.00. The van der Waals surface area contributed by atoms with E-state index in [4.69, 9.17) is 0 Å². The van der Waals surface area contributed by atoms with Crippen molar-refractivity contribution in [2.75, 3.05) is 13.1 Å². The molecule has 2 N–H and O–H groups in total. The molecule has 0 saturated carbocycles. The van der Waals surface area contributed by atoms with Crippen LogP contribution in [0.15, 0.2) is 41.5 Å². The van der Waals surface area contributed by atoms with Crippen molar-refractivity contribution in [3.63, 3.8) is 0 Å². The van der Waals surface area contributed by atoms with Gasteiger partial charge in [0.25, 0.3) is 0 Å². The number of H-pyrrole nitrogens is 1. The molecule has 4 heteroatoms. The number of aromatic amines is 1. The maximum atomic E-state index is 11.7. The topological polar surface area (TPSA) is 49.8 Å². The molecule has 1 atom stereocenters. The third-order valence-electron chi connectivity index (χ3n) is 3.35. The van der Waals surface area contributed by atoms with E-state index >= 15 is 0 Å². The highest BCUT2D eigenvalue weighted by Gasteiger charge is 2.20. The quantitative estimate of drug-likeness (QED) is 0.814. The summed E-state index contributed by atoms with van der Waals surface area (Å²) in [6, 6.07) is 8.13. The third kappa shape index (κ3) is 1.80. The van der Waals surface area contributed by atoms with Gasteiger partial charge in [-0.2, -0.15) is 0 Å². The lowest BCUT2D eigenvalue weighted by molar-refractivity contribution is 0.752. The molecule has 1 aliphatic rings. The van der Waals surface area contributed by atoms with Gasteiger partial charge < -0.3 is 10.3 Å². The molecule has 88 valence electrons. The van der Waals surface area contributed by atoms with Gasteiger partial charge in [-0.15, -0.1) is 0 Å². The first-order valence-electron chi connectivity index (χ1n) is 5.92. The van der Waals surface area contributed by atoms with Crippen LogP contribution in [0.3, 0.4) is 0 Å². The van der Waals surface area contributed by atoms with E-state index in [1.165, 1.54) is 5.56 Å². The van der Waals surface area contributed by atoms with Crippen LogP contribution in [0.5, 0.6) is 0 Å². The Morgan fingerprint density at radius 1 is 1.29 bits per heavy atom. The summed E-state index contributed by atoms with van der Waals surface area (Å²) in [5.74, 6) is 0.507. The minimum absolute atomic E-state index is 0.0802. The number of rotatable bonds is 2. The van der Waals surface area contributed by atoms with Crippen LogP contribution in [-0.4, -0.2) is 22.6 Å². The van der Waals surface area contributed by atoms with Crippen molar-refractivity contribution in [3.05, 3.63) is 52.7 Å². The van der Waals surface area contributed by atoms with Crippen molar-refractivity contribution < 1.29 is 0 Å². The summed E-state index contributed by atoms with van der Waals surface area (Å²) >= 11 is 0. The van der Waals surface area contributed by atoms with Gasteiger partial charge in [-0.1, -0.05) is 18.2 Å². The number of para-hydroxylation sites is 1. The molecule has 1 aliphatic heterocycles. The van der Waals surface area contributed by atoms with E-state index in [1.807, 2.05) is 18.2 Å². The number of nitrogens with zero attached hydrogens (tertiary/aromatic N) is 1. The third-order valence-corrected chi connectivity index (χ3v) is 3.35. The first-order chi connectivity index (χ1) is 8.36. The Morgan fingerprint density at radius 3 is 2.88 bits per heavy atom. The van der Waals surface area contributed by atoms with Crippen LogP contribution in [-0.2, 0) is 0 Å². The highest BCUT2D eigenvalue weighted by atomic mass is 16.1. The van der Waals surface area contributed by atoms with Crippen LogP contribution in [0.1, 0.15) is 17.9 Å². The number of hydrogen-bond acceptors (Lipinski definition) is 2. The van der Waals surface area contributed by atoms with Crippen LogP contribution in [0.4, 0.5) is 0 Å². The van der Waals surface area contributed by atoms with E-state index in [2.05, 4.69) is 16.4 Å². The molecular weight excluding hydrogens is 214 g/mol. The van der Waals surface area contributed by atoms with Gasteiger partial charge in [-0.3, -0.25) is 4.57 Å². The van der Waals surface area contributed by atoms with Gasteiger partial charge in [0.15, 0.2) is 0 Å². The Bertz CT molecular complexity index is 564.